The normalized spacial score (nSPS) is 28.9. The summed E-state index contributed by atoms with van der Waals surface area (Å²) < 4.78 is 0. The largest absolute Gasteiger partial charge is 0.394 e. The molecule has 0 aliphatic heterocycles. The second kappa shape index (κ2) is 12.0. The van der Waals surface area contributed by atoms with E-state index in [1.807, 2.05) is 24.3 Å². The lowest BCUT2D eigenvalue weighted by molar-refractivity contribution is -0.121. The summed E-state index contributed by atoms with van der Waals surface area (Å²) in [4.78, 5) is 12.3. The number of aliphatic hydroxyl groups is 4. The number of aliphatic hydroxyl groups excluding tert-OH is 4. The lowest BCUT2D eigenvalue weighted by Crippen LogP contribution is -2.40. The molecule has 0 bridgehead atoms. The molecule has 2 rings (SSSR count). The van der Waals surface area contributed by atoms with E-state index in [0.29, 0.717) is 12.8 Å². The fourth-order valence-electron chi connectivity index (χ4n) is 4.74. The van der Waals surface area contributed by atoms with Gasteiger partial charge < -0.3 is 20.4 Å². The minimum absolute atomic E-state index is 0.00535. The van der Waals surface area contributed by atoms with Crippen LogP contribution in [-0.2, 0) is 4.79 Å². The van der Waals surface area contributed by atoms with Crippen molar-refractivity contribution in [2.45, 2.75) is 95.9 Å². The molecule has 5 heteroatoms. The predicted octanol–water partition coefficient (Wildman–Crippen LogP) is 3.30. The molecule has 2 saturated carbocycles. The average molecular weight is 409 g/mol. The summed E-state index contributed by atoms with van der Waals surface area (Å²) in [7, 11) is 0. The maximum Gasteiger partial charge on any atom is 0.139 e. The first-order valence-corrected chi connectivity index (χ1v) is 11.4. The smallest absolute Gasteiger partial charge is 0.139 e. The minimum Gasteiger partial charge on any atom is -0.394 e. The van der Waals surface area contributed by atoms with Crippen LogP contribution < -0.4 is 0 Å². The minimum atomic E-state index is -0.669. The quantitative estimate of drug-likeness (QED) is 0.277. The van der Waals surface area contributed by atoms with Crippen molar-refractivity contribution in [3.63, 3.8) is 0 Å². The van der Waals surface area contributed by atoms with Crippen molar-refractivity contribution in [1.29, 1.82) is 0 Å². The zero-order chi connectivity index (χ0) is 21.3. The SMILES string of the molecule is CCCCC1(C(O)/C=C/[C@H]2[C@H](O)CC(=O)[C@@H]2C/C=C/CCCC(O)CO)CCC1. The summed E-state index contributed by atoms with van der Waals surface area (Å²) in [6, 6.07) is 0. The van der Waals surface area contributed by atoms with E-state index in [-0.39, 0.29) is 36.1 Å². The van der Waals surface area contributed by atoms with Crippen LogP contribution in [0.4, 0.5) is 0 Å². The Bertz CT molecular complexity index is 551. The second-order valence-electron chi connectivity index (χ2n) is 9.05. The van der Waals surface area contributed by atoms with E-state index in [1.54, 1.807) is 0 Å². The Labute approximate surface area is 175 Å². The molecule has 2 fully saturated rings. The average Bonchev–Trinajstić information content (AvgIpc) is 2.94. The summed E-state index contributed by atoms with van der Waals surface area (Å²) in [5.41, 5.74) is -0.00535. The lowest BCUT2D eigenvalue weighted by Gasteiger charge is -2.45. The highest BCUT2D eigenvalue weighted by molar-refractivity contribution is 5.84. The Kier molecular flexibility index (Phi) is 10.0. The molecule has 0 aromatic rings. The molecule has 29 heavy (non-hydrogen) atoms. The molecule has 0 heterocycles. The molecule has 0 radical (unpaired) electrons. The first-order chi connectivity index (χ1) is 13.9. The van der Waals surface area contributed by atoms with E-state index in [0.717, 1.165) is 44.9 Å². The molecule has 2 aliphatic carbocycles. The van der Waals surface area contributed by atoms with Gasteiger partial charge in [0.2, 0.25) is 0 Å². The maximum absolute atomic E-state index is 12.3. The number of hydrogen-bond donors (Lipinski definition) is 4. The van der Waals surface area contributed by atoms with Gasteiger partial charge in [0.05, 0.1) is 24.9 Å². The number of allylic oxidation sites excluding steroid dienone is 2. The van der Waals surface area contributed by atoms with E-state index >= 15 is 0 Å². The molecule has 0 aromatic heterocycles. The number of Topliss-reactive ketones (excluding diaryl/α,β-unsaturated/α-hetero) is 1. The number of carbonyl (C=O) groups excluding carboxylic acids is 1. The molecule has 2 aliphatic rings. The van der Waals surface area contributed by atoms with Gasteiger partial charge in [0.15, 0.2) is 0 Å². The van der Waals surface area contributed by atoms with Gasteiger partial charge in [-0.15, -0.1) is 0 Å². The van der Waals surface area contributed by atoms with Gasteiger partial charge in [0, 0.05) is 18.3 Å². The molecule has 5 nitrogen and oxygen atoms in total. The molecule has 0 saturated heterocycles. The van der Waals surface area contributed by atoms with Crippen molar-refractivity contribution >= 4 is 5.78 Å². The number of ketones is 1. The van der Waals surface area contributed by atoms with E-state index in [4.69, 9.17) is 5.11 Å². The molecule has 4 N–H and O–H groups in total. The summed E-state index contributed by atoms with van der Waals surface area (Å²) in [6.07, 6.45) is 15.4. The highest BCUT2D eigenvalue weighted by Crippen LogP contribution is 2.48. The van der Waals surface area contributed by atoms with E-state index in [1.165, 1.54) is 6.42 Å². The molecule has 5 atom stereocenters. The van der Waals surface area contributed by atoms with Crippen molar-refractivity contribution in [2.75, 3.05) is 6.61 Å². The Balaban J connectivity index is 1.88. The van der Waals surface area contributed by atoms with Crippen LogP contribution in [0.1, 0.15) is 77.6 Å². The zero-order valence-corrected chi connectivity index (χ0v) is 17.9. The van der Waals surface area contributed by atoms with Crippen molar-refractivity contribution in [3.05, 3.63) is 24.3 Å². The molecule has 2 unspecified atom stereocenters. The van der Waals surface area contributed by atoms with Gasteiger partial charge >= 0.3 is 0 Å². The molecular formula is C24H40O5. The van der Waals surface area contributed by atoms with Crippen LogP contribution in [0.2, 0.25) is 0 Å². The van der Waals surface area contributed by atoms with Crippen LogP contribution in [0.15, 0.2) is 24.3 Å². The second-order valence-corrected chi connectivity index (χ2v) is 9.05. The summed E-state index contributed by atoms with van der Waals surface area (Å²) in [5.74, 6) is -0.381. The highest BCUT2D eigenvalue weighted by Gasteiger charge is 2.43. The Morgan fingerprint density at radius 3 is 2.59 bits per heavy atom. The number of hydrogen-bond acceptors (Lipinski definition) is 5. The van der Waals surface area contributed by atoms with Crippen LogP contribution >= 0.6 is 0 Å². The lowest BCUT2D eigenvalue weighted by atomic mass is 9.62. The molecular weight excluding hydrogens is 368 g/mol. The summed E-state index contributed by atoms with van der Waals surface area (Å²) >= 11 is 0. The summed E-state index contributed by atoms with van der Waals surface area (Å²) in [5, 5.41) is 39.3. The van der Waals surface area contributed by atoms with E-state index < -0.39 is 18.3 Å². The molecule has 0 spiro atoms. The monoisotopic (exact) mass is 408 g/mol. The van der Waals surface area contributed by atoms with E-state index in [2.05, 4.69) is 6.92 Å². The van der Waals surface area contributed by atoms with Gasteiger partial charge in [-0.1, -0.05) is 50.5 Å². The third-order valence-electron chi connectivity index (χ3n) is 6.93. The first-order valence-electron chi connectivity index (χ1n) is 11.4. The summed E-state index contributed by atoms with van der Waals surface area (Å²) in [6.45, 7) is 1.96. The van der Waals surface area contributed by atoms with Crippen LogP contribution in [0.25, 0.3) is 0 Å². The highest BCUT2D eigenvalue weighted by atomic mass is 16.3. The topological polar surface area (TPSA) is 98.0 Å². The van der Waals surface area contributed by atoms with Gasteiger partial charge in [-0.3, -0.25) is 4.79 Å². The number of unbranched alkanes of at least 4 members (excludes halogenated alkanes) is 2. The molecule has 166 valence electrons. The van der Waals surface area contributed by atoms with Gasteiger partial charge in [-0.05, 0) is 50.4 Å². The van der Waals surface area contributed by atoms with Gasteiger partial charge in [0.1, 0.15) is 5.78 Å². The van der Waals surface area contributed by atoms with Crippen molar-refractivity contribution in [1.82, 2.24) is 0 Å². The van der Waals surface area contributed by atoms with Gasteiger partial charge in [-0.25, -0.2) is 0 Å². The third-order valence-corrected chi connectivity index (χ3v) is 6.93. The Hall–Kier alpha value is -1.01. The number of rotatable bonds is 13. The third kappa shape index (κ3) is 6.74. The molecule has 0 aromatic carbocycles. The van der Waals surface area contributed by atoms with Crippen LogP contribution in [0.3, 0.4) is 0 Å². The van der Waals surface area contributed by atoms with Crippen LogP contribution in [0, 0.1) is 17.3 Å². The van der Waals surface area contributed by atoms with Crippen molar-refractivity contribution in [3.8, 4) is 0 Å². The number of carbonyl (C=O) groups is 1. The first kappa shape index (κ1) is 24.3. The van der Waals surface area contributed by atoms with Gasteiger partial charge in [0.25, 0.3) is 0 Å². The molecule has 0 amide bonds. The van der Waals surface area contributed by atoms with Crippen LogP contribution in [0.5, 0.6) is 0 Å². The fraction of sp³-hybridized carbons (Fsp3) is 0.792. The van der Waals surface area contributed by atoms with Gasteiger partial charge in [-0.2, -0.15) is 0 Å². The van der Waals surface area contributed by atoms with E-state index in [9.17, 15) is 20.1 Å². The standard InChI is InChI=1S/C24H40O5/c1-2-3-13-24(14-8-15-24)23(29)12-11-20-19(21(27)16-22(20)28)10-7-5-4-6-9-18(26)17-25/h5,7,11-12,18-20,22-23,25-26,28-29H,2-4,6,8-10,13-17H2,1H3/b7-5+,12-11+/t18?,19-,20-,22-,23?/m1/s1. The van der Waals surface area contributed by atoms with Crippen LogP contribution in [-0.4, -0.2) is 51.1 Å². The zero-order valence-electron chi connectivity index (χ0n) is 17.9. The fourth-order valence-corrected chi connectivity index (χ4v) is 4.74. The predicted molar refractivity (Wildman–Crippen MR) is 114 cm³/mol. The van der Waals surface area contributed by atoms with Crippen molar-refractivity contribution in [2.24, 2.45) is 17.3 Å². The van der Waals surface area contributed by atoms with Crippen molar-refractivity contribution < 1.29 is 25.2 Å². The Morgan fingerprint density at radius 2 is 1.97 bits per heavy atom. The maximum atomic E-state index is 12.3. The Morgan fingerprint density at radius 1 is 1.21 bits per heavy atom.